The van der Waals surface area contributed by atoms with Gasteiger partial charge in [-0.25, -0.2) is 0 Å². The standard InChI is InChI=1S/C15H31N3O/c1-13(18-8-4-7-17(3)9-10-18)11-15(2,12-19)16-14-5-6-14/h13-14,16,19H,4-12H2,1-3H3. The Morgan fingerprint density at radius 2 is 2.00 bits per heavy atom. The molecule has 2 aliphatic rings. The fourth-order valence-corrected chi connectivity index (χ4v) is 3.18. The molecule has 0 bridgehead atoms. The normalized spacial score (nSPS) is 27.8. The average Bonchev–Trinajstić information content (AvgIpc) is 3.17. The third-order valence-electron chi connectivity index (χ3n) is 4.60. The largest absolute Gasteiger partial charge is 0.394 e. The van der Waals surface area contributed by atoms with Crippen molar-refractivity contribution in [1.82, 2.24) is 15.1 Å². The van der Waals surface area contributed by atoms with Gasteiger partial charge in [-0.1, -0.05) is 0 Å². The van der Waals surface area contributed by atoms with Crippen LogP contribution in [0.15, 0.2) is 0 Å². The second kappa shape index (κ2) is 6.53. The number of rotatable bonds is 6. The van der Waals surface area contributed by atoms with Crippen LogP contribution in [-0.2, 0) is 0 Å². The highest BCUT2D eigenvalue weighted by Gasteiger charge is 2.34. The van der Waals surface area contributed by atoms with Crippen molar-refractivity contribution < 1.29 is 5.11 Å². The molecule has 1 aliphatic carbocycles. The molecule has 1 saturated heterocycles. The SMILES string of the molecule is CC(CC(C)(CO)NC1CC1)N1CCCN(C)CC1. The Labute approximate surface area is 118 Å². The molecule has 1 heterocycles. The number of aliphatic hydroxyl groups excluding tert-OH is 1. The number of nitrogens with zero attached hydrogens (tertiary/aromatic N) is 2. The van der Waals surface area contributed by atoms with Crippen molar-refractivity contribution in [1.29, 1.82) is 0 Å². The lowest BCUT2D eigenvalue weighted by Crippen LogP contribution is -2.51. The molecule has 0 radical (unpaired) electrons. The summed E-state index contributed by atoms with van der Waals surface area (Å²) in [6.45, 7) is 9.44. The van der Waals surface area contributed by atoms with Crippen molar-refractivity contribution in [2.24, 2.45) is 0 Å². The van der Waals surface area contributed by atoms with Crippen LogP contribution in [0, 0.1) is 0 Å². The van der Waals surface area contributed by atoms with Gasteiger partial charge in [-0.15, -0.1) is 0 Å². The zero-order chi connectivity index (χ0) is 13.9. The van der Waals surface area contributed by atoms with Crippen LogP contribution in [-0.4, -0.2) is 72.4 Å². The van der Waals surface area contributed by atoms with Crippen molar-refractivity contribution in [2.45, 2.75) is 57.2 Å². The molecule has 112 valence electrons. The first-order valence-electron chi connectivity index (χ1n) is 7.83. The third kappa shape index (κ3) is 4.71. The third-order valence-corrected chi connectivity index (χ3v) is 4.60. The predicted octanol–water partition coefficient (Wildman–Crippen LogP) is 0.906. The minimum atomic E-state index is -0.112. The molecule has 1 saturated carbocycles. The Balaban J connectivity index is 1.85. The van der Waals surface area contributed by atoms with Crippen molar-refractivity contribution in [2.75, 3.05) is 39.8 Å². The van der Waals surface area contributed by atoms with Gasteiger partial charge < -0.3 is 15.3 Å². The highest BCUT2D eigenvalue weighted by Crippen LogP contribution is 2.25. The molecule has 0 aromatic carbocycles. The molecule has 0 aromatic heterocycles. The molecule has 2 N–H and O–H groups in total. The zero-order valence-corrected chi connectivity index (χ0v) is 12.9. The van der Waals surface area contributed by atoms with E-state index in [2.05, 4.69) is 36.0 Å². The summed E-state index contributed by atoms with van der Waals surface area (Å²) in [7, 11) is 2.21. The molecule has 4 heteroatoms. The van der Waals surface area contributed by atoms with Gasteiger partial charge in [0.15, 0.2) is 0 Å². The average molecular weight is 269 g/mol. The van der Waals surface area contributed by atoms with Crippen LogP contribution < -0.4 is 5.32 Å². The van der Waals surface area contributed by atoms with E-state index in [0.29, 0.717) is 12.1 Å². The first kappa shape index (κ1) is 15.2. The zero-order valence-electron chi connectivity index (χ0n) is 12.9. The number of aliphatic hydroxyl groups is 1. The molecule has 4 nitrogen and oxygen atoms in total. The van der Waals surface area contributed by atoms with Crippen LogP contribution in [0.3, 0.4) is 0 Å². The maximum atomic E-state index is 9.72. The highest BCUT2D eigenvalue weighted by atomic mass is 16.3. The van der Waals surface area contributed by atoms with Gasteiger partial charge in [0.2, 0.25) is 0 Å². The molecule has 2 fully saturated rings. The van der Waals surface area contributed by atoms with Crippen LogP contribution in [0.4, 0.5) is 0 Å². The van der Waals surface area contributed by atoms with Gasteiger partial charge in [0, 0.05) is 30.7 Å². The Morgan fingerprint density at radius 1 is 1.26 bits per heavy atom. The summed E-state index contributed by atoms with van der Waals surface area (Å²) in [6, 6.07) is 1.19. The summed E-state index contributed by atoms with van der Waals surface area (Å²) in [5.41, 5.74) is -0.112. The van der Waals surface area contributed by atoms with Crippen LogP contribution in [0.1, 0.15) is 39.5 Å². The minimum absolute atomic E-state index is 0.112. The molecule has 2 rings (SSSR count). The predicted molar refractivity (Wildman–Crippen MR) is 79.4 cm³/mol. The van der Waals surface area contributed by atoms with Gasteiger partial charge in [0.05, 0.1) is 6.61 Å². The molecule has 0 spiro atoms. The molecule has 0 aromatic rings. The van der Waals surface area contributed by atoms with E-state index in [1.165, 1.54) is 32.4 Å². The topological polar surface area (TPSA) is 38.7 Å². The van der Waals surface area contributed by atoms with E-state index in [-0.39, 0.29) is 12.1 Å². The van der Waals surface area contributed by atoms with E-state index in [9.17, 15) is 5.11 Å². The number of likely N-dealkylation sites (N-methyl/N-ethyl adjacent to an activating group) is 1. The monoisotopic (exact) mass is 269 g/mol. The molecular formula is C15H31N3O. The van der Waals surface area contributed by atoms with E-state index < -0.39 is 0 Å². The summed E-state index contributed by atoms with van der Waals surface area (Å²) >= 11 is 0. The van der Waals surface area contributed by atoms with Crippen LogP contribution in [0.5, 0.6) is 0 Å². The van der Waals surface area contributed by atoms with Crippen molar-refractivity contribution >= 4 is 0 Å². The van der Waals surface area contributed by atoms with E-state index in [0.717, 1.165) is 19.5 Å². The van der Waals surface area contributed by atoms with Crippen LogP contribution in [0.25, 0.3) is 0 Å². The Hall–Kier alpha value is -0.160. The van der Waals surface area contributed by atoms with Crippen molar-refractivity contribution in [3.05, 3.63) is 0 Å². The van der Waals surface area contributed by atoms with Crippen LogP contribution in [0.2, 0.25) is 0 Å². The summed E-state index contributed by atoms with van der Waals surface area (Å²) in [4.78, 5) is 5.01. The van der Waals surface area contributed by atoms with E-state index in [1.807, 2.05) is 0 Å². The van der Waals surface area contributed by atoms with Gasteiger partial charge in [-0.3, -0.25) is 4.90 Å². The van der Waals surface area contributed by atoms with Gasteiger partial charge in [-0.2, -0.15) is 0 Å². The fourth-order valence-electron chi connectivity index (χ4n) is 3.18. The first-order valence-corrected chi connectivity index (χ1v) is 7.83. The first-order chi connectivity index (χ1) is 9.02. The molecule has 0 amide bonds. The van der Waals surface area contributed by atoms with Crippen molar-refractivity contribution in [3.8, 4) is 0 Å². The second-order valence-corrected chi connectivity index (χ2v) is 6.88. The van der Waals surface area contributed by atoms with Gasteiger partial charge in [0.25, 0.3) is 0 Å². The van der Waals surface area contributed by atoms with Crippen LogP contribution >= 0.6 is 0 Å². The highest BCUT2D eigenvalue weighted by molar-refractivity contribution is 4.94. The maximum absolute atomic E-state index is 9.72. The maximum Gasteiger partial charge on any atom is 0.0611 e. The smallest absolute Gasteiger partial charge is 0.0611 e. The quantitative estimate of drug-likeness (QED) is 0.752. The van der Waals surface area contributed by atoms with Crippen molar-refractivity contribution in [3.63, 3.8) is 0 Å². The lowest BCUT2D eigenvalue weighted by atomic mass is 9.93. The number of nitrogens with one attached hydrogen (secondary N) is 1. The summed E-state index contributed by atoms with van der Waals surface area (Å²) in [5, 5.41) is 13.3. The van der Waals surface area contributed by atoms with E-state index in [4.69, 9.17) is 0 Å². The Bertz CT molecular complexity index is 283. The lowest BCUT2D eigenvalue weighted by Gasteiger charge is -2.36. The van der Waals surface area contributed by atoms with E-state index >= 15 is 0 Å². The molecule has 19 heavy (non-hydrogen) atoms. The Morgan fingerprint density at radius 3 is 2.63 bits per heavy atom. The summed E-state index contributed by atoms with van der Waals surface area (Å²) < 4.78 is 0. The second-order valence-electron chi connectivity index (χ2n) is 6.88. The summed E-state index contributed by atoms with van der Waals surface area (Å²) in [6.07, 6.45) is 4.84. The minimum Gasteiger partial charge on any atom is -0.394 e. The number of hydrogen-bond donors (Lipinski definition) is 2. The fraction of sp³-hybridized carbons (Fsp3) is 1.00. The molecule has 1 aliphatic heterocycles. The Kier molecular flexibility index (Phi) is 5.23. The lowest BCUT2D eigenvalue weighted by molar-refractivity contribution is 0.115. The molecule has 2 unspecified atom stereocenters. The van der Waals surface area contributed by atoms with E-state index in [1.54, 1.807) is 0 Å². The van der Waals surface area contributed by atoms with Gasteiger partial charge in [0.1, 0.15) is 0 Å². The molecular weight excluding hydrogens is 238 g/mol. The van der Waals surface area contributed by atoms with Gasteiger partial charge >= 0.3 is 0 Å². The molecule has 2 atom stereocenters. The number of hydrogen-bond acceptors (Lipinski definition) is 4. The summed E-state index contributed by atoms with van der Waals surface area (Å²) in [5.74, 6) is 0. The van der Waals surface area contributed by atoms with Gasteiger partial charge in [-0.05, 0) is 59.7 Å².